The van der Waals surface area contributed by atoms with Gasteiger partial charge in [0, 0.05) is 31.5 Å². The van der Waals surface area contributed by atoms with Gasteiger partial charge in [-0.15, -0.1) is 0 Å². The molecule has 4 N–H and O–H groups in total. The van der Waals surface area contributed by atoms with E-state index in [-0.39, 0.29) is 23.8 Å². The summed E-state index contributed by atoms with van der Waals surface area (Å²) in [7, 11) is 0. The van der Waals surface area contributed by atoms with E-state index in [9.17, 15) is 14.7 Å². The van der Waals surface area contributed by atoms with Crippen LogP contribution in [0.5, 0.6) is 0 Å². The lowest BCUT2D eigenvalue weighted by molar-refractivity contribution is -0.120. The average molecular weight is 243 g/mol. The number of piperidine rings is 1. The molecule has 1 atom stereocenters. The predicted octanol–water partition coefficient (Wildman–Crippen LogP) is -0.336. The quantitative estimate of drug-likeness (QED) is 0.632. The first kappa shape index (κ1) is 13.9. The van der Waals surface area contributed by atoms with Gasteiger partial charge in [0.2, 0.25) is 5.91 Å². The highest BCUT2D eigenvalue weighted by atomic mass is 16.3. The number of nitrogens with zero attached hydrogens (tertiary/aromatic N) is 1. The maximum Gasteiger partial charge on any atom is 0.318 e. The Labute approximate surface area is 101 Å². The van der Waals surface area contributed by atoms with E-state index in [1.807, 2.05) is 19.2 Å². The van der Waals surface area contributed by atoms with Gasteiger partial charge in [0.25, 0.3) is 0 Å². The van der Waals surface area contributed by atoms with Crippen LogP contribution in [0.25, 0.3) is 0 Å². The van der Waals surface area contributed by atoms with Gasteiger partial charge in [0.15, 0.2) is 0 Å². The first-order chi connectivity index (χ1) is 7.81. The Hall–Kier alpha value is -1.14. The number of primary amides is 1. The number of nitrogens with one attached hydrogen (secondary N) is 1. The van der Waals surface area contributed by atoms with Crippen LogP contribution in [0.15, 0.2) is 0 Å². The highest BCUT2D eigenvalue weighted by Gasteiger charge is 2.34. The van der Waals surface area contributed by atoms with Gasteiger partial charge >= 0.3 is 6.03 Å². The molecule has 0 radical (unpaired) electrons. The maximum absolute atomic E-state index is 11.2. The summed E-state index contributed by atoms with van der Waals surface area (Å²) >= 11 is 0. The van der Waals surface area contributed by atoms with Crippen LogP contribution in [-0.4, -0.2) is 47.7 Å². The zero-order valence-corrected chi connectivity index (χ0v) is 10.4. The SMILES string of the molecule is CC1(C)CN(CCC(=O)NC(N)=O)CCC1O. The minimum atomic E-state index is -0.815. The van der Waals surface area contributed by atoms with Crippen LogP contribution in [0, 0.1) is 5.41 Å². The largest absolute Gasteiger partial charge is 0.392 e. The summed E-state index contributed by atoms with van der Waals surface area (Å²) in [5, 5.41) is 11.8. The molecule has 1 saturated heterocycles. The van der Waals surface area contributed by atoms with E-state index in [1.54, 1.807) is 0 Å². The lowest BCUT2D eigenvalue weighted by atomic mass is 9.81. The van der Waals surface area contributed by atoms with Crippen LogP contribution < -0.4 is 11.1 Å². The summed E-state index contributed by atoms with van der Waals surface area (Å²) < 4.78 is 0. The Morgan fingerprint density at radius 3 is 2.71 bits per heavy atom. The number of urea groups is 1. The Balaban J connectivity index is 2.34. The fourth-order valence-corrected chi connectivity index (χ4v) is 2.11. The molecule has 3 amide bonds. The highest BCUT2D eigenvalue weighted by Crippen LogP contribution is 2.28. The number of likely N-dealkylation sites (tertiary alicyclic amines) is 1. The van der Waals surface area contributed by atoms with E-state index in [2.05, 4.69) is 4.90 Å². The number of aliphatic hydroxyl groups is 1. The van der Waals surface area contributed by atoms with E-state index in [4.69, 9.17) is 5.73 Å². The highest BCUT2D eigenvalue weighted by molar-refractivity contribution is 5.93. The molecule has 1 aliphatic rings. The number of hydrogen-bond donors (Lipinski definition) is 3. The first-order valence-corrected chi connectivity index (χ1v) is 5.81. The van der Waals surface area contributed by atoms with Crippen LogP contribution in [0.4, 0.5) is 4.79 Å². The van der Waals surface area contributed by atoms with Crippen LogP contribution in [0.1, 0.15) is 26.7 Å². The molecule has 6 heteroatoms. The second kappa shape index (κ2) is 5.46. The molecule has 0 aromatic heterocycles. The molecule has 1 fully saturated rings. The van der Waals surface area contributed by atoms with E-state index in [1.165, 1.54) is 0 Å². The Morgan fingerprint density at radius 2 is 2.18 bits per heavy atom. The Morgan fingerprint density at radius 1 is 1.53 bits per heavy atom. The number of carbonyl (C=O) groups excluding carboxylic acids is 2. The third-order valence-electron chi connectivity index (χ3n) is 3.17. The van der Waals surface area contributed by atoms with Crippen molar-refractivity contribution >= 4 is 11.9 Å². The zero-order chi connectivity index (χ0) is 13.1. The van der Waals surface area contributed by atoms with Crippen LogP contribution in [-0.2, 0) is 4.79 Å². The van der Waals surface area contributed by atoms with Gasteiger partial charge in [0.1, 0.15) is 0 Å². The summed E-state index contributed by atoms with van der Waals surface area (Å²) in [6, 6.07) is -0.815. The topological polar surface area (TPSA) is 95.7 Å². The number of carbonyl (C=O) groups is 2. The first-order valence-electron chi connectivity index (χ1n) is 5.81. The second-order valence-corrected chi connectivity index (χ2v) is 5.23. The molecule has 1 rings (SSSR count). The van der Waals surface area contributed by atoms with E-state index >= 15 is 0 Å². The lowest BCUT2D eigenvalue weighted by Gasteiger charge is -2.41. The number of aliphatic hydroxyl groups excluding tert-OH is 1. The lowest BCUT2D eigenvalue weighted by Crippen LogP contribution is -2.49. The smallest absolute Gasteiger partial charge is 0.318 e. The predicted molar refractivity (Wildman–Crippen MR) is 63.2 cm³/mol. The summed E-state index contributed by atoms with van der Waals surface area (Å²) in [6.45, 7) is 6.11. The van der Waals surface area contributed by atoms with Crippen molar-refractivity contribution in [2.45, 2.75) is 32.8 Å². The second-order valence-electron chi connectivity index (χ2n) is 5.23. The van der Waals surface area contributed by atoms with Gasteiger partial charge < -0.3 is 15.7 Å². The van der Waals surface area contributed by atoms with Crippen molar-refractivity contribution in [1.82, 2.24) is 10.2 Å². The van der Waals surface area contributed by atoms with Crippen molar-refractivity contribution in [3.63, 3.8) is 0 Å². The Bertz CT molecular complexity index is 304. The normalized spacial score (nSPS) is 24.3. The third kappa shape index (κ3) is 4.32. The summed E-state index contributed by atoms with van der Waals surface area (Å²) in [6.07, 6.45) is 0.665. The number of rotatable bonds is 3. The standard InChI is InChI=1S/C11H21N3O3/c1-11(2)7-14(5-3-8(11)15)6-4-9(16)13-10(12)17/h8,15H,3-7H2,1-2H3,(H3,12,13,16,17). The zero-order valence-electron chi connectivity index (χ0n) is 10.4. The van der Waals surface area contributed by atoms with Gasteiger partial charge in [-0.25, -0.2) is 4.79 Å². The molecule has 1 aliphatic heterocycles. The molecule has 6 nitrogen and oxygen atoms in total. The number of imide groups is 1. The molecule has 0 aromatic carbocycles. The molecule has 1 heterocycles. The molecular formula is C11H21N3O3. The summed E-state index contributed by atoms with van der Waals surface area (Å²) in [5.74, 6) is -0.360. The van der Waals surface area contributed by atoms with E-state index in [0.29, 0.717) is 13.0 Å². The van der Waals surface area contributed by atoms with Gasteiger partial charge in [-0.1, -0.05) is 13.8 Å². The van der Waals surface area contributed by atoms with Crippen molar-refractivity contribution < 1.29 is 14.7 Å². The molecule has 0 aliphatic carbocycles. The number of amides is 3. The molecule has 17 heavy (non-hydrogen) atoms. The molecule has 0 saturated carbocycles. The minimum Gasteiger partial charge on any atom is -0.392 e. The van der Waals surface area contributed by atoms with Crippen molar-refractivity contribution in [2.75, 3.05) is 19.6 Å². The van der Waals surface area contributed by atoms with Crippen LogP contribution >= 0.6 is 0 Å². The fourth-order valence-electron chi connectivity index (χ4n) is 2.11. The summed E-state index contributed by atoms with van der Waals surface area (Å²) in [4.78, 5) is 23.8. The number of nitrogens with two attached hydrogens (primary N) is 1. The van der Waals surface area contributed by atoms with Crippen molar-refractivity contribution in [1.29, 1.82) is 0 Å². The molecule has 0 bridgehead atoms. The molecule has 0 aromatic rings. The average Bonchev–Trinajstić information content (AvgIpc) is 2.18. The minimum absolute atomic E-state index is 0.154. The van der Waals surface area contributed by atoms with E-state index < -0.39 is 6.03 Å². The number of hydrogen-bond acceptors (Lipinski definition) is 4. The summed E-state index contributed by atoms with van der Waals surface area (Å²) in [5.41, 5.74) is 4.69. The van der Waals surface area contributed by atoms with Crippen LogP contribution in [0.2, 0.25) is 0 Å². The molecule has 1 unspecified atom stereocenters. The monoisotopic (exact) mass is 243 g/mol. The maximum atomic E-state index is 11.2. The van der Waals surface area contributed by atoms with Gasteiger partial charge in [-0.05, 0) is 6.42 Å². The molecule has 98 valence electrons. The van der Waals surface area contributed by atoms with Crippen molar-refractivity contribution in [3.05, 3.63) is 0 Å². The van der Waals surface area contributed by atoms with Gasteiger partial charge in [0.05, 0.1) is 6.10 Å². The molecule has 0 spiro atoms. The Kier molecular flexibility index (Phi) is 4.47. The molecular weight excluding hydrogens is 222 g/mol. The van der Waals surface area contributed by atoms with Crippen molar-refractivity contribution in [3.8, 4) is 0 Å². The van der Waals surface area contributed by atoms with Gasteiger partial charge in [-0.2, -0.15) is 0 Å². The van der Waals surface area contributed by atoms with Crippen LogP contribution in [0.3, 0.4) is 0 Å². The third-order valence-corrected chi connectivity index (χ3v) is 3.17. The van der Waals surface area contributed by atoms with Gasteiger partial charge in [-0.3, -0.25) is 10.1 Å². The van der Waals surface area contributed by atoms with Crippen molar-refractivity contribution in [2.24, 2.45) is 11.1 Å². The fraction of sp³-hybridized carbons (Fsp3) is 0.818. The van der Waals surface area contributed by atoms with E-state index in [0.717, 1.165) is 13.1 Å².